The average Bonchev–Trinajstić information content (AvgIpc) is 3.28. The molecular formula is C20H35N5O8. The summed E-state index contributed by atoms with van der Waals surface area (Å²) in [5.74, 6) is -4.74. The zero-order valence-corrected chi connectivity index (χ0v) is 18.7. The van der Waals surface area contributed by atoms with Gasteiger partial charge in [0.2, 0.25) is 17.7 Å². The number of aliphatic hydroxyl groups excluding tert-OH is 1. The van der Waals surface area contributed by atoms with Crippen LogP contribution < -0.4 is 27.0 Å². The van der Waals surface area contributed by atoms with Crippen LogP contribution in [0.3, 0.4) is 0 Å². The van der Waals surface area contributed by atoms with Crippen molar-refractivity contribution < 1.29 is 39.3 Å². The van der Waals surface area contributed by atoms with Crippen LogP contribution in [0.2, 0.25) is 0 Å². The summed E-state index contributed by atoms with van der Waals surface area (Å²) in [6.07, 6.45) is 0.394. The highest BCUT2D eigenvalue weighted by molar-refractivity contribution is 5.94. The normalized spacial score (nSPS) is 19.1. The van der Waals surface area contributed by atoms with Crippen molar-refractivity contribution in [3.8, 4) is 0 Å². The van der Waals surface area contributed by atoms with Gasteiger partial charge >= 0.3 is 11.9 Å². The molecule has 3 amide bonds. The molecule has 0 bridgehead atoms. The number of hydrogen-bond acceptors (Lipinski definition) is 8. The zero-order valence-electron chi connectivity index (χ0n) is 18.7. The Kier molecular flexibility index (Phi) is 12.3. The van der Waals surface area contributed by atoms with E-state index in [4.69, 9.17) is 10.8 Å². The molecule has 1 aliphatic heterocycles. The van der Waals surface area contributed by atoms with Gasteiger partial charge in [0.05, 0.1) is 12.1 Å². The lowest BCUT2D eigenvalue weighted by atomic mass is 10.1. The third-order valence-electron chi connectivity index (χ3n) is 5.28. The summed E-state index contributed by atoms with van der Waals surface area (Å²) < 4.78 is 0. The van der Waals surface area contributed by atoms with Gasteiger partial charge in [0.15, 0.2) is 0 Å². The van der Waals surface area contributed by atoms with Gasteiger partial charge in [-0.15, -0.1) is 0 Å². The van der Waals surface area contributed by atoms with Crippen LogP contribution in [-0.4, -0.2) is 88.3 Å². The first kappa shape index (κ1) is 28.3. The number of carbonyl (C=O) groups excluding carboxylic acids is 3. The summed E-state index contributed by atoms with van der Waals surface area (Å²) in [5.41, 5.74) is 5.40. The Morgan fingerprint density at radius 2 is 1.67 bits per heavy atom. The summed E-state index contributed by atoms with van der Waals surface area (Å²) in [6, 6.07) is -4.52. The van der Waals surface area contributed by atoms with E-state index in [1.54, 1.807) is 0 Å². The van der Waals surface area contributed by atoms with Gasteiger partial charge in [-0.1, -0.05) is 0 Å². The molecule has 0 aromatic carbocycles. The maximum absolute atomic E-state index is 12.8. The van der Waals surface area contributed by atoms with Crippen molar-refractivity contribution in [3.63, 3.8) is 0 Å². The topological polar surface area (TPSA) is 220 Å². The minimum atomic E-state index is -1.39. The highest BCUT2D eigenvalue weighted by Crippen LogP contribution is 2.08. The number of unbranched alkanes of at least 4 members (excludes halogenated alkanes) is 1. The van der Waals surface area contributed by atoms with Crippen LogP contribution in [0.25, 0.3) is 0 Å². The van der Waals surface area contributed by atoms with Crippen LogP contribution >= 0.6 is 0 Å². The van der Waals surface area contributed by atoms with E-state index >= 15 is 0 Å². The lowest BCUT2D eigenvalue weighted by Crippen LogP contribution is -2.59. The minimum absolute atomic E-state index is 0.110. The molecule has 0 aliphatic carbocycles. The number of nitrogens with two attached hydrogens (primary N) is 1. The van der Waals surface area contributed by atoms with Crippen molar-refractivity contribution in [2.75, 3.05) is 13.1 Å². The minimum Gasteiger partial charge on any atom is -0.481 e. The Balaban J connectivity index is 2.88. The summed E-state index contributed by atoms with van der Waals surface area (Å²) in [6.45, 7) is 2.30. The third kappa shape index (κ3) is 10.1. The first-order valence-electron chi connectivity index (χ1n) is 11.0. The highest BCUT2D eigenvalue weighted by atomic mass is 16.4. The molecule has 1 saturated heterocycles. The van der Waals surface area contributed by atoms with Gasteiger partial charge < -0.3 is 42.3 Å². The van der Waals surface area contributed by atoms with Gasteiger partial charge in [0.1, 0.15) is 18.1 Å². The molecular weight excluding hydrogens is 438 g/mol. The molecule has 9 N–H and O–H groups in total. The van der Waals surface area contributed by atoms with Crippen molar-refractivity contribution in [3.05, 3.63) is 0 Å². The van der Waals surface area contributed by atoms with E-state index in [1.807, 2.05) is 0 Å². The Hall–Kier alpha value is -2.77. The van der Waals surface area contributed by atoms with Crippen molar-refractivity contribution in [2.45, 2.75) is 82.1 Å². The zero-order chi connectivity index (χ0) is 25.0. The van der Waals surface area contributed by atoms with Crippen LogP contribution in [0.5, 0.6) is 0 Å². The lowest BCUT2D eigenvalue weighted by Gasteiger charge is -2.26. The number of carbonyl (C=O) groups is 5. The van der Waals surface area contributed by atoms with Gasteiger partial charge in [-0.2, -0.15) is 0 Å². The average molecular weight is 474 g/mol. The Bertz CT molecular complexity index is 696. The van der Waals surface area contributed by atoms with Crippen molar-refractivity contribution in [1.82, 2.24) is 21.3 Å². The standard InChI is InChI=1S/C20H35N5O8/c1-11(26)16(25-17(29)12-6-4-10-22-12)19(31)23-13(7-8-15(27)28)18(30)24-14(20(32)33)5-2-3-9-21/h11-14,16,22,26H,2-10,21H2,1H3,(H,23,31)(H,24,30)(H,25,29)(H,27,28)(H,32,33). The quantitative estimate of drug-likeness (QED) is 0.118. The second kappa shape index (κ2) is 14.4. The molecule has 0 aromatic rings. The summed E-state index contributed by atoms with van der Waals surface area (Å²) in [7, 11) is 0. The Morgan fingerprint density at radius 1 is 1.00 bits per heavy atom. The number of rotatable bonds is 15. The predicted octanol–water partition coefficient (Wildman–Crippen LogP) is -2.35. The molecule has 1 fully saturated rings. The molecule has 1 rings (SSSR count). The van der Waals surface area contributed by atoms with Crippen molar-refractivity contribution >= 4 is 29.7 Å². The van der Waals surface area contributed by atoms with Crippen molar-refractivity contribution in [2.24, 2.45) is 5.73 Å². The van der Waals surface area contributed by atoms with E-state index in [9.17, 15) is 34.2 Å². The fourth-order valence-corrected chi connectivity index (χ4v) is 3.39. The highest BCUT2D eigenvalue weighted by Gasteiger charge is 2.33. The van der Waals surface area contributed by atoms with E-state index in [1.165, 1.54) is 6.92 Å². The second-order valence-corrected chi connectivity index (χ2v) is 8.05. The van der Waals surface area contributed by atoms with Gasteiger partial charge in [-0.3, -0.25) is 19.2 Å². The monoisotopic (exact) mass is 473 g/mol. The molecule has 188 valence electrons. The molecule has 1 heterocycles. The van der Waals surface area contributed by atoms with Gasteiger partial charge in [0.25, 0.3) is 0 Å². The van der Waals surface area contributed by atoms with E-state index < -0.39 is 66.4 Å². The molecule has 1 aliphatic rings. The summed E-state index contributed by atoms with van der Waals surface area (Å²) >= 11 is 0. The molecule has 0 spiro atoms. The number of amides is 3. The smallest absolute Gasteiger partial charge is 0.326 e. The van der Waals surface area contributed by atoms with Gasteiger partial charge in [-0.25, -0.2) is 4.79 Å². The number of aliphatic hydroxyl groups is 1. The Labute approximate surface area is 191 Å². The van der Waals surface area contributed by atoms with Crippen molar-refractivity contribution in [1.29, 1.82) is 0 Å². The second-order valence-electron chi connectivity index (χ2n) is 8.05. The first-order valence-corrected chi connectivity index (χ1v) is 11.0. The number of aliphatic carboxylic acids is 2. The van der Waals surface area contributed by atoms with E-state index in [-0.39, 0.29) is 12.8 Å². The predicted molar refractivity (Wildman–Crippen MR) is 116 cm³/mol. The number of hydrogen-bond donors (Lipinski definition) is 8. The number of nitrogens with one attached hydrogen (secondary N) is 4. The Morgan fingerprint density at radius 3 is 2.18 bits per heavy atom. The first-order chi connectivity index (χ1) is 15.6. The van der Waals surface area contributed by atoms with Crippen LogP contribution in [0.1, 0.15) is 51.9 Å². The molecule has 5 atom stereocenters. The SMILES string of the molecule is CC(O)C(NC(=O)C1CCCN1)C(=O)NC(CCC(=O)O)C(=O)NC(CCCCN)C(=O)O. The molecule has 33 heavy (non-hydrogen) atoms. The maximum Gasteiger partial charge on any atom is 0.326 e. The molecule has 0 aromatic heterocycles. The fourth-order valence-electron chi connectivity index (χ4n) is 3.39. The number of carboxylic acid groups (broad SMARTS) is 2. The van der Waals surface area contributed by atoms with Gasteiger partial charge in [0, 0.05) is 6.42 Å². The van der Waals surface area contributed by atoms with E-state index in [2.05, 4.69) is 21.3 Å². The fraction of sp³-hybridized carbons (Fsp3) is 0.750. The van der Waals surface area contributed by atoms with Gasteiger partial charge in [-0.05, 0) is 58.5 Å². The molecule has 0 saturated carbocycles. The summed E-state index contributed by atoms with van der Waals surface area (Å²) in [5, 5.41) is 38.4. The van der Waals surface area contributed by atoms with Crippen LogP contribution in [0.4, 0.5) is 0 Å². The molecule has 0 radical (unpaired) electrons. The molecule has 13 nitrogen and oxygen atoms in total. The summed E-state index contributed by atoms with van der Waals surface area (Å²) in [4.78, 5) is 60.3. The lowest BCUT2D eigenvalue weighted by molar-refractivity contribution is -0.143. The van der Waals surface area contributed by atoms with E-state index in [0.29, 0.717) is 32.4 Å². The third-order valence-corrected chi connectivity index (χ3v) is 5.28. The van der Waals surface area contributed by atoms with Crippen LogP contribution in [0.15, 0.2) is 0 Å². The molecule has 13 heteroatoms. The van der Waals surface area contributed by atoms with Crippen LogP contribution in [-0.2, 0) is 24.0 Å². The largest absolute Gasteiger partial charge is 0.481 e. The van der Waals surface area contributed by atoms with Crippen LogP contribution in [0, 0.1) is 0 Å². The van der Waals surface area contributed by atoms with E-state index in [0.717, 1.165) is 6.42 Å². The molecule has 5 unspecified atom stereocenters. The number of carboxylic acids is 2. The maximum atomic E-state index is 12.8.